The van der Waals surface area contributed by atoms with Crippen LogP contribution in [0.25, 0.3) is 0 Å². The number of aromatic nitrogens is 2. The first-order chi connectivity index (χ1) is 13.1. The lowest BCUT2D eigenvalue weighted by molar-refractivity contribution is 0.0595. The average Bonchev–Trinajstić information content (AvgIpc) is 3.06. The fourth-order valence-electron chi connectivity index (χ4n) is 4.53. The van der Waals surface area contributed by atoms with Gasteiger partial charge in [0.2, 0.25) is 0 Å². The van der Waals surface area contributed by atoms with E-state index in [1.165, 1.54) is 16.8 Å². The molecule has 2 aromatic rings. The number of carbonyl (C=O) groups is 1. The van der Waals surface area contributed by atoms with Gasteiger partial charge in [0, 0.05) is 36.3 Å². The molecule has 5 nitrogen and oxygen atoms in total. The monoisotopic (exact) mass is 367 g/mol. The van der Waals surface area contributed by atoms with Crippen molar-refractivity contribution in [1.29, 1.82) is 0 Å². The summed E-state index contributed by atoms with van der Waals surface area (Å²) in [5.74, 6) is 0.133. The molecule has 5 heteroatoms. The summed E-state index contributed by atoms with van der Waals surface area (Å²) in [6.45, 7) is 9.26. The van der Waals surface area contributed by atoms with E-state index in [9.17, 15) is 4.79 Å². The maximum atomic E-state index is 13.4. The van der Waals surface area contributed by atoms with E-state index in [0.29, 0.717) is 6.61 Å². The highest BCUT2D eigenvalue weighted by Gasteiger charge is 2.34. The second-order valence-corrected chi connectivity index (χ2v) is 7.76. The number of piperidine rings is 1. The summed E-state index contributed by atoms with van der Waals surface area (Å²) in [6, 6.07) is 6.14. The summed E-state index contributed by atoms with van der Waals surface area (Å²) in [4.78, 5) is 15.5. The number of aryl methyl sites for hydroxylation is 3. The van der Waals surface area contributed by atoms with Crippen molar-refractivity contribution in [1.82, 2.24) is 14.7 Å². The van der Waals surface area contributed by atoms with Gasteiger partial charge in [0.25, 0.3) is 5.91 Å². The van der Waals surface area contributed by atoms with Crippen LogP contribution >= 0.6 is 0 Å². The van der Waals surface area contributed by atoms with Crippen LogP contribution in [-0.4, -0.2) is 33.7 Å². The van der Waals surface area contributed by atoms with E-state index >= 15 is 0 Å². The maximum Gasteiger partial charge on any atom is 0.254 e. The molecule has 144 valence electrons. The van der Waals surface area contributed by atoms with E-state index < -0.39 is 0 Å². The van der Waals surface area contributed by atoms with Crippen molar-refractivity contribution in [2.24, 2.45) is 0 Å². The third kappa shape index (κ3) is 3.29. The molecule has 0 N–H and O–H groups in total. The van der Waals surface area contributed by atoms with E-state index in [-0.39, 0.29) is 11.9 Å². The topological polar surface area (TPSA) is 47.4 Å². The van der Waals surface area contributed by atoms with Gasteiger partial charge in [-0.15, -0.1) is 0 Å². The van der Waals surface area contributed by atoms with Gasteiger partial charge in [-0.25, -0.2) is 0 Å². The molecule has 1 saturated heterocycles. The first-order valence-electron chi connectivity index (χ1n) is 10.1. The Morgan fingerprint density at radius 2 is 2.15 bits per heavy atom. The summed E-state index contributed by atoms with van der Waals surface area (Å²) >= 11 is 0. The quantitative estimate of drug-likeness (QED) is 0.825. The molecule has 2 aliphatic heterocycles. The van der Waals surface area contributed by atoms with Crippen molar-refractivity contribution < 1.29 is 9.53 Å². The molecule has 1 fully saturated rings. The molecule has 2 aliphatic rings. The summed E-state index contributed by atoms with van der Waals surface area (Å²) in [7, 11) is 0. The maximum absolute atomic E-state index is 13.4. The smallest absolute Gasteiger partial charge is 0.254 e. The van der Waals surface area contributed by atoms with E-state index in [0.717, 1.165) is 62.2 Å². The Labute approximate surface area is 161 Å². The average molecular weight is 367 g/mol. The number of benzene rings is 1. The van der Waals surface area contributed by atoms with Crippen LogP contribution < -0.4 is 0 Å². The standard InChI is InChI=1S/C22H29N3O2/c1-4-25-19-10-12-27-14-18(19)21(23-25)20-7-5-6-11-24(20)22(26)17-9-8-15(2)13-16(17)3/h8-9,13,20H,4-7,10-12,14H2,1-3H3. The van der Waals surface area contributed by atoms with Crippen LogP contribution in [0, 0.1) is 13.8 Å². The fraction of sp³-hybridized carbons (Fsp3) is 0.545. The van der Waals surface area contributed by atoms with Gasteiger partial charge in [-0.3, -0.25) is 9.48 Å². The number of hydrogen-bond acceptors (Lipinski definition) is 3. The minimum atomic E-state index is 0.0511. The normalized spacial score (nSPS) is 19.8. The molecule has 0 aliphatic carbocycles. The summed E-state index contributed by atoms with van der Waals surface area (Å²) in [5, 5.41) is 4.94. The van der Waals surface area contributed by atoms with Crippen LogP contribution in [0.1, 0.15) is 70.7 Å². The highest BCUT2D eigenvalue weighted by molar-refractivity contribution is 5.96. The number of fused-ring (bicyclic) bond motifs is 1. The van der Waals surface area contributed by atoms with E-state index in [1.807, 2.05) is 19.1 Å². The molecule has 27 heavy (non-hydrogen) atoms. The third-order valence-electron chi connectivity index (χ3n) is 5.92. The molecular formula is C22H29N3O2. The van der Waals surface area contributed by atoms with Crippen molar-refractivity contribution in [3.05, 3.63) is 51.8 Å². The Morgan fingerprint density at radius 1 is 1.30 bits per heavy atom. The Kier molecular flexibility index (Phi) is 5.04. The summed E-state index contributed by atoms with van der Waals surface area (Å²) in [5.41, 5.74) is 6.62. The molecule has 1 aromatic carbocycles. The van der Waals surface area contributed by atoms with Gasteiger partial charge < -0.3 is 9.64 Å². The minimum Gasteiger partial charge on any atom is -0.376 e. The van der Waals surface area contributed by atoms with Crippen LogP contribution in [0.3, 0.4) is 0 Å². The number of likely N-dealkylation sites (tertiary alicyclic amines) is 1. The first-order valence-corrected chi connectivity index (χ1v) is 10.1. The van der Waals surface area contributed by atoms with Gasteiger partial charge in [-0.2, -0.15) is 5.10 Å². The van der Waals surface area contributed by atoms with Crippen LogP contribution in [-0.2, 0) is 24.3 Å². The van der Waals surface area contributed by atoms with E-state index in [1.54, 1.807) is 0 Å². The Balaban J connectivity index is 1.71. The zero-order valence-electron chi connectivity index (χ0n) is 16.6. The number of hydrogen-bond donors (Lipinski definition) is 0. The Bertz CT molecular complexity index is 855. The summed E-state index contributed by atoms with van der Waals surface area (Å²) in [6.07, 6.45) is 4.08. The molecule has 1 unspecified atom stereocenters. The van der Waals surface area contributed by atoms with E-state index in [2.05, 4.69) is 29.5 Å². The van der Waals surface area contributed by atoms with Crippen LogP contribution in [0.15, 0.2) is 18.2 Å². The molecule has 4 rings (SSSR count). The van der Waals surface area contributed by atoms with Crippen LogP contribution in [0.5, 0.6) is 0 Å². The van der Waals surface area contributed by atoms with Crippen molar-refractivity contribution in [2.75, 3.05) is 13.2 Å². The molecule has 0 bridgehead atoms. The predicted octanol–water partition coefficient (Wildman–Crippen LogP) is 3.96. The molecular weight excluding hydrogens is 338 g/mol. The largest absolute Gasteiger partial charge is 0.376 e. The Morgan fingerprint density at radius 3 is 2.93 bits per heavy atom. The summed E-state index contributed by atoms with van der Waals surface area (Å²) < 4.78 is 7.85. The van der Waals surface area contributed by atoms with Crippen LogP contribution in [0.2, 0.25) is 0 Å². The number of nitrogens with zero attached hydrogens (tertiary/aromatic N) is 3. The molecule has 0 spiro atoms. The first kappa shape index (κ1) is 18.2. The van der Waals surface area contributed by atoms with Crippen molar-refractivity contribution in [2.45, 2.75) is 65.6 Å². The third-order valence-corrected chi connectivity index (χ3v) is 5.92. The number of amides is 1. The second kappa shape index (κ2) is 7.47. The van der Waals surface area contributed by atoms with Crippen LogP contribution in [0.4, 0.5) is 0 Å². The lowest BCUT2D eigenvalue weighted by Gasteiger charge is -2.36. The number of carbonyl (C=O) groups excluding carboxylic acids is 1. The van der Waals surface area contributed by atoms with Crippen molar-refractivity contribution >= 4 is 5.91 Å². The minimum absolute atomic E-state index is 0.0511. The van der Waals surface area contributed by atoms with Gasteiger partial charge >= 0.3 is 0 Å². The van der Waals surface area contributed by atoms with Crippen molar-refractivity contribution in [3.8, 4) is 0 Å². The van der Waals surface area contributed by atoms with Gasteiger partial charge in [-0.1, -0.05) is 17.7 Å². The number of ether oxygens (including phenoxy) is 1. The number of rotatable bonds is 3. The lowest BCUT2D eigenvalue weighted by atomic mass is 9.94. The highest BCUT2D eigenvalue weighted by atomic mass is 16.5. The molecule has 0 radical (unpaired) electrons. The predicted molar refractivity (Wildman–Crippen MR) is 105 cm³/mol. The molecule has 1 atom stereocenters. The van der Waals surface area contributed by atoms with Gasteiger partial charge in [0.05, 0.1) is 24.9 Å². The zero-order valence-corrected chi connectivity index (χ0v) is 16.6. The highest BCUT2D eigenvalue weighted by Crippen LogP contribution is 2.36. The van der Waals surface area contributed by atoms with Crippen molar-refractivity contribution in [3.63, 3.8) is 0 Å². The lowest BCUT2D eigenvalue weighted by Crippen LogP contribution is -2.39. The van der Waals surface area contributed by atoms with Gasteiger partial charge in [0.1, 0.15) is 0 Å². The molecule has 3 heterocycles. The van der Waals surface area contributed by atoms with Gasteiger partial charge in [-0.05, 0) is 51.7 Å². The van der Waals surface area contributed by atoms with E-state index in [4.69, 9.17) is 9.84 Å². The zero-order chi connectivity index (χ0) is 19.0. The van der Waals surface area contributed by atoms with Gasteiger partial charge in [0.15, 0.2) is 0 Å². The molecule has 0 saturated carbocycles. The second-order valence-electron chi connectivity index (χ2n) is 7.76. The molecule has 1 amide bonds. The Hall–Kier alpha value is -2.14. The fourth-order valence-corrected chi connectivity index (χ4v) is 4.53. The molecule has 1 aromatic heterocycles. The SMILES string of the molecule is CCn1nc(C2CCCCN2C(=O)c2ccc(C)cc2C)c2c1CCOC2.